The van der Waals surface area contributed by atoms with Gasteiger partial charge >= 0.3 is 0 Å². The highest BCUT2D eigenvalue weighted by Gasteiger charge is 2.23. The number of amides is 1. The number of hydrogen-bond acceptors (Lipinski definition) is 2. The van der Waals surface area contributed by atoms with Gasteiger partial charge in [0.1, 0.15) is 6.04 Å². The number of carbonyl (C=O) groups excluding carboxylic acids is 1. The average molecular weight is 204 g/mol. The molecule has 0 radical (unpaired) electrons. The largest absolute Gasteiger partial charge is 0.372 e. The second kappa shape index (κ2) is 4.34. The van der Waals surface area contributed by atoms with Crippen molar-refractivity contribution in [3.63, 3.8) is 0 Å². The molecule has 1 aliphatic heterocycles. The van der Waals surface area contributed by atoms with Gasteiger partial charge in [-0.15, -0.1) is 0 Å². The molecule has 1 unspecified atom stereocenters. The molecule has 0 fully saturated rings. The molecule has 1 atom stereocenters. The molecule has 1 amide bonds. The van der Waals surface area contributed by atoms with Crippen molar-refractivity contribution in [2.75, 3.05) is 10.6 Å². The number of para-hydroxylation sites is 2. The standard InChI is InChI=1S/C12H16N2O/c1-2-3-6-11-12(15)14-10-8-5-4-7-9(10)13-11/h4-5,7-8,11,13H,2-3,6H2,1H3,(H,14,15). The first kappa shape index (κ1) is 10.0. The third kappa shape index (κ3) is 2.12. The van der Waals surface area contributed by atoms with E-state index < -0.39 is 0 Å². The maximum Gasteiger partial charge on any atom is 0.246 e. The number of nitrogens with one attached hydrogen (secondary N) is 2. The van der Waals surface area contributed by atoms with Crippen LogP contribution in [0.5, 0.6) is 0 Å². The van der Waals surface area contributed by atoms with Crippen LogP contribution >= 0.6 is 0 Å². The molecule has 1 aromatic rings. The Morgan fingerprint density at radius 2 is 2.00 bits per heavy atom. The Kier molecular flexibility index (Phi) is 2.90. The zero-order valence-electron chi connectivity index (χ0n) is 8.92. The fourth-order valence-corrected chi connectivity index (χ4v) is 1.80. The second-order valence-corrected chi connectivity index (χ2v) is 3.87. The van der Waals surface area contributed by atoms with Gasteiger partial charge in [0.05, 0.1) is 11.4 Å². The average Bonchev–Trinajstić information content (AvgIpc) is 2.26. The third-order valence-corrected chi connectivity index (χ3v) is 2.68. The smallest absolute Gasteiger partial charge is 0.246 e. The minimum absolute atomic E-state index is 0.0696. The lowest BCUT2D eigenvalue weighted by atomic mass is 10.1. The van der Waals surface area contributed by atoms with Crippen LogP contribution in [0.4, 0.5) is 11.4 Å². The van der Waals surface area contributed by atoms with Crippen LogP contribution in [0, 0.1) is 0 Å². The summed E-state index contributed by atoms with van der Waals surface area (Å²) in [7, 11) is 0. The van der Waals surface area contributed by atoms with Crippen LogP contribution < -0.4 is 10.6 Å². The highest BCUT2D eigenvalue weighted by atomic mass is 16.2. The summed E-state index contributed by atoms with van der Waals surface area (Å²) in [5.41, 5.74) is 1.91. The predicted octanol–water partition coefficient (Wildman–Crippen LogP) is 2.61. The predicted molar refractivity (Wildman–Crippen MR) is 62.0 cm³/mol. The van der Waals surface area contributed by atoms with E-state index in [1.807, 2.05) is 24.3 Å². The van der Waals surface area contributed by atoms with E-state index in [2.05, 4.69) is 17.6 Å². The number of carbonyl (C=O) groups is 1. The minimum atomic E-state index is -0.0696. The molecule has 0 spiro atoms. The second-order valence-electron chi connectivity index (χ2n) is 3.87. The molecule has 1 aliphatic rings. The summed E-state index contributed by atoms with van der Waals surface area (Å²) in [6, 6.07) is 7.73. The summed E-state index contributed by atoms with van der Waals surface area (Å²) in [4.78, 5) is 11.7. The van der Waals surface area contributed by atoms with E-state index in [1.165, 1.54) is 0 Å². The SMILES string of the molecule is CCCCC1Nc2ccccc2NC1=O. The molecule has 80 valence electrons. The van der Waals surface area contributed by atoms with Gasteiger partial charge in [0.15, 0.2) is 0 Å². The number of anilines is 2. The van der Waals surface area contributed by atoms with Gasteiger partial charge in [-0.25, -0.2) is 0 Å². The van der Waals surface area contributed by atoms with Gasteiger partial charge in [-0.05, 0) is 18.6 Å². The monoisotopic (exact) mass is 204 g/mol. The Morgan fingerprint density at radius 3 is 2.73 bits per heavy atom. The van der Waals surface area contributed by atoms with Crippen LogP contribution in [0.15, 0.2) is 24.3 Å². The topological polar surface area (TPSA) is 41.1 Å². The van der Waals surface area contributed by atoms with Crippen LogP contribution in [0.3, 0.4) is 0 Å². The van der Waals surface area contributed by atoms with E-state index in [0.29, 0.717) is 0 Å². The van der Waals surface area contributed by atoms with Gasteiger partial charge < -0.3 is 10.6 Å². The van der Waals surface area contributed by atoms with Crippen LogP contribution in [0.2, 0.25) is 0 Å². The molecule has 3 nitrogen and oxygen atoms in total. The number of hydrogen-bond donors (Lipinski definition) is 2. The highest BCUT2D eigenvalue weighted by molar-refractivity contribution is 6.02. The molecule has 1 aromatic carbocycles. The Labute approximate surface area is 89.9 Å². The molecule has 15 heavy (non-hydrogen) atoms. The fraction of sp³-hybridized carbons (Fsp3) is 0.417. The molecule has 2 rings (SSSR count). The van der Waals surface area contributed by atoms with Gasteiger partial charge in [0.2, 0.25) is 5.91 Å². The quantitative estimate of drug-likeness (QED) is 0.794. The summed E-state index contributed by atoms with van der Waals surface area (Å²) in [6.07, 6.45) is 3.09. The van der Waals surface area contributed by atoms with E-state index in [0.717, 1.165) is 30.6 Å². The summed E-state index contributed by atoms with van der Waals surface area (Å²) < 4.78 is 0. The lowest BCUT2D eigenvalue weighted by Crippen LogP contribution is -2.38. The maximum absolute atomic E-state index is 11.7. The first-order valence-corrected chi connectivity index (χ1v) is 5.47. The normalized spacial score (nSPS) is 19.0. The van der Waals surface area contributed by atoms with Crippen molar-refractivity contribution in [3.8, 4) is 0 Å². The van der Waals surface area contributed by atoms with Gasteiger partial charge in [-0.3, -0.25) is 4.79 Å². The van der Waals surface area contributed by atoms with Crippen molar-refractivity contribution in [2.45, 2.75) is 32.2 Å². The molecule has 0 aliphatic carbocycles. The van der Waals surface area contributed by atoms with Crippen LogP contribution in [0.1, 0.15) is 26.2 Å². The Morgan fingerprint density at radius 1 is 1.27 bits per heavy atom. The van der Waals surface area contributed by atoms with E-state index in [-0.39, 0.29) is 11.9 Å². The molecule has 0 saturated carbocycles. The van der Waals surface area contributed by atoms with Crippen LogP contribution in [0.25, 0.3) is 0 Å². The van der Waals surface area contributed by atoms with Crippen LogP contribution in [-0.2, 0) is 4.79 Å². The Hall–Kier alpha value is -1.51. The molecular weight excluding hydrogens is 188 g/mol. The molecule has 2 N–H and O–H groups in total. The highest BCUT2D eigenvalue weighted by Crippen LogP contribution is 2.27. The molecular formula is C12H16N2O. The number of unbranched alkanes of at least 4 members (excludes halogenated alkanes) is 1. The summed E-state index contributed by atoms with van der Waals surface area (Å²) >= 11 is 0. The summed E-state index contributed by atoms with van der Waals surface area (Å²) in [6.45, 7) is 2.13. The lowest BCUT2D eigenvalue weighted by molar-refractivity contribution is -0.117. The number of rotatable bonds is 3. The summed E-state index contributed by atoms with van der Waals surface area (Å²) in [5, 5.41) is 6.19. The van der Waals surface area contributed by atoms with Crippen molar-refractivity contribution in [1.82, 2.24) is 0 Å². The van der Waals surface area contributed by atoms with Gasteiger partial charge in [-0.2, -0.15) is 0 Å². The lowest BCUT2D eigenvalue weighted by Gasteiger charge is -2.26. The first-order valence-electron chi connectivity index (χ1n) is 5.47. The minimum Gasteiger partial charge on any atom is -0.372 e. The van der Waals surface area contributed by atoms with Crippen LogP contribution in [-0.4, -0.2) is 11.9 Å². The maximum atomic E-state index is 11.7. The van der Waals surface area contributed by atoms with Gasteiger partial charge in [-0.1, -0.05) is 31.9 Å². The van der Waals surface area contributed by atoms with Crippen molar-refractivity contribution in [3.05, 3.63) is 24.3 Å². The Balaban J connectivity index is 2.11. The zero-order valence-corrected chi connectivity index (χ0v) is 8.92. The van der Waals surface area contributed by atoms with Gasteiger partial charge in [0, 0.05) is 0 Å². The van der Waals surface area contributed by atoms with E-state index in [1.54, 1.807) is 0 Å². The van der Waals surface area contributed by atoms with E-state index in [9.17, 15) is 4.79 Å². The van der Waals surface area contributed by atoms with E-state index in [4.69, 9.17) is 0 Å². The molecule has 0 saturated heterocycles. The molecule has 0 bridgehead atoms. The molecule has 3 heteroatoms. The number of benzene rings is 1. The van der Waals surface area contributed by atoms with Crippen molar-refractivity contribution < 1.29 is 4.79 Å². The number of fused-ring (bicyclic) bond motifs is 1. The Bertz CT molecular complexity index is 362. The van der Waals surface area contributed by atoms with Crippen molar-refractivity contribution in [1.29, 1.82) is 0 Å². The molecule has 0 aromatic heterocycles. The third-order valence-electron chi connectivity index (χ3n) is 2.68. The first-order chi connectivity index (χ1) is 7.31. The fourth-order valence-electron chi connectivity index (χ4n) is 1.80. The van der Waals surface area contributed by atoms with Gasteiger partial charge in [0.25, 0.3) is 0 Å². The zero-order chi connectivity index (χ0) is 10.7. The van der Waals surface area contributed by atoms with Crippen molar-refractivity contribution >= 4 is 17.3 Å². The van der Waals surface area contributed by atoms with E-state index >= 15 is 0 Å². The molecule has 1 heterocycles. The summed E-state index contributed by atoms with van der Waals surface area (Å²) in [5.74, 6) is 0.0853. The van der Waals surface area contributed by atoms with Crippen molar-refractivity contribution in [2.24, 2.45) is 0 Å².